The second-order valence-electron chi connectivity index (χ2n) is 4.50. The van der Waals surface area contributed by atoms with Crippen LogP contribution in [-0.4, -0.2) is 22.8 Å². The SMILES string of the molecule is CCC(NC(=O)c1ccn(COC)n1)c1ccccc1. The van der Waals surface area contributed by atoms with Gasteiger partial charge in [-0.2, -0.15) is 5.10 Å². The number of nitrogens with zero attached hydrogens (tertiary/aromatic N) is 2. The van der Waals surface area contributed by atoms with Gasteiger partial charge in [-0.15, -0.1) is 0 Å². The lowest BCUT2D eigenvalue weighted by molar-refractivity contribution is 0.0923. The number of carbonyl (C=O) groups is 1. The quantitative estimate of drug-likeness (QED) is 0.879. The Morgan fingerprint density at radius 2 is 2.10 bits per heavy atom. The van der Waals surface area contributed by atoms with Crippen LogP contribution in [0, 0.1) is 0 Å². The Bertz CT molecular complexity index is 551. The maximum Gasteiger partial charge on any atom is 0.272 e. The summed E-state index contributed by atoms with van der Waals surface area (Å²) in [7, 11) is 1.59. The number of benzene rings is 1. The second kappa shape index (κ2) is 6.86. The Morgan fingerprint density at radius 1 is 1.35 bits per heavy atom. The zero-order valence-corrected chi connectivity index (χ0v) is 11.7. The number of carbonyl (C=O) groups excluding carboxylic acids is 1. The Hall–Kier alpha value is -2.14. The minimum atomic E-state index is -0.171. The smallest absolute Gasteiger partial charge is 0.272 e. The summed E-state index contributed by atoms with van der Waals surface area (Å²) < 4.78 is 6.54. The molecular formula is C15H19N3O2. The molecule has 5 heteroatoms. The highest BCUT2D eigenvalue weighted by Crippen LogP contribution is 2.16. The van der Waals surface area contributed by atoms with E-state index in [-0.39, 0.29) is 11.9 Å². The molecule has 0 spiro atoms. The second-order valence-corrected chi connectivity index (χ2v) is 4.50. The van der Waals surface area contributed by atoms with Gasteiger partial charge >= 0.3 is 0 Å². The predicted octanol–water partition coefficient (Wildman–Crippen LogP) is 2.37. The molecule has 1 aromatic heterocycles. The van der Waals surface area contributed by atoms with Crippen LogP contribution in [0.25, 0.3) is 0 Å². The number of ether oxygens (including phenoxy) is 1. The van der Waals surface area contributed by atoms with Crippen LogP contribution >= 0.6 is 0 Å². The molecule has 1 heterocycles. The van der Waals surface area contributed by atoms with Crippen molar-refractivity contribution in [3.05, 3.63) is 53.9 Å². The number of hydrogen-bond acceptors (Lipinski definition) is 3. The highest BCUT2D eigenvalue weighted by atomic mass is 16.5. The molecular weight excluding hydrogens is 254 g/mol. The van der Waals surface area contributed by atoms with E-state index in [0.717, 1.165) is 12.0 Å². The third-order valence-electron chi connectivity index (χ3n) is 3.05. The van der Waals surface area contributed by atoms with Crippen molar-refractivity contribution in [2.45, 2.75) is 26.1 Å². The van der Waals surface area contributed by atoms with Crippen LogP contribution < -0.4 is 5.32 Å². The first kappa shape index (κ1) is 14.3. The van der Waals surface area contributed by atoms with Crippen molar-refractivity contribution in [2.24, 2.45) is 0 Å². The van der Waals surface area contributed by atoms with E-state index in [1.807, 2.05) is 37.3 Å². The van der Waals surface area contributed by atoms with E-state index in [4.69, 9.17) is 4.74 Å². The first-order valence-corrected chi connectivity index (χ1v) is 6.62. The monoisotopic (exact) mass is 273 g/mol. The van der Waals surface area contributed by atoms with Crippen molar-refractivity contribution in [3.8, 4) is 0 Å². The van der Waals surface area contributed by atoms with Gasteiger partial charge in [0.1, 0.15) is 12.4 Å². The van der Waals surface area contributed by atoms with Crippen molar-refractivity contribution in [2.75, 3.05) is 7.11 Å². The number of nitrogens with one attached hydrogen (secondary N) is 1. The first-order valence-electron chi connectivity index (χ1n) is 6.62. The van der Waals surface area contributed by atoms with Gasteiger partial charge in [0.05, 0.1) is 6.04 Å². The first-order chi connectivity index (χ1) is 9.74. The fourth-order valence-electron chi connectivity index (χ4n) is 2.03. The van der Waals surface area contributed by atoms with E-state index >= 15 is 0 Å². The van der Waals surface area contributed by atoms with Crippen LogP contribution in [-0.2, 0) is 11.5 Å². The van der Waals surface area contributed by atoms with E-state index in [1.54, 1.807) is 24.1 Å². The van der Waals surface area contributed by atoms with Crippen LogP contribution in [0.4, 0.5) is 0 Å². The summed E-state index contributed by atoms with van der Waals surface area (Å²) in [5.41, 5.74) is 1.50. The van der Waals surface area contributed by atoms with Crippen LogP contribution in [0.5, 0.6) is 0 Å². The average Bonchev–Trinajstić information content (AvgIpc) is 2.94. The standard InChI is InChI=1S/C15H19N3O2/c1-3-13(12-7-5-4-6-8-12)16-15(19)14-9-10-18(17-14)11-20-2/h4-10,13H,3,11H2,1-2H3,(H,16,19). The Balaban J connectivity index is 2.05. The Kier molecular flexibility index (Phi) is 4.90. The zero-order chi connectivity index (χ0) is 14.4. The third kappa shape index (κ3) is 3.45. The summed E-state index contributed by atoms with van der Waals surface area (Å²) >= 11 is 0. The molecule has 0 aliphatic heterocycles. The lowest BCUT2D eigenvalue weighted by atomic mass is 10.0. The van der Waals surface area contributed by atoms with Gasteiger partial charge < -0.3 is 10.1 Å². The molecule has 5 nitrogen and oxygen atoms in total. The van der Waals surface area contributed by atoms with Gasteiger partial charge in [0, 0.05) is 13.3 Å². The minimum Gasteiger partial charge on any atom is -0.362 e. The molecule has 0 fully saturated rings. The normalized spacial score (nSPS) is 12.1. The van der Waals surface area contributed by atoms with Crippen molar-refractivity contribution >= 4 is 5.91 Å². The van der Waals surface area contributed by atoms with Crippen LogP contribution in [0.2, 0.25) is 0 Å². The molecule has 0 aliphatic rings. The summed E-state index contributed by atoms with van der Waals surface area (Å²) in [4.78, 5) is 12.2. The lowest BCUT2D eigenvalue weighted by Crippen LogP contribution is -2.28. The molecule has 1 unspecified atom stereocenters. The highest BCUT2D eigenvalue weighted by Gasteiger charge is 2.15. The van der Waals surface area contributed by atoms with Gasteiger partial charge in [0.15, 0.2) is 0 Å². The molecule has 1 atom stereocenters. The minimum absolute atomic E-state index is 0.00345. The molecule has 2 aromatic rings. The van der Waals surface area contributed by atoms with E-state index in [9.17, 15) is 4.79 Å². The van der Waals surface area contributed by atoms with Gasteiger partial charge in [0.2, 0.25) is 0 Å². The van der Waals surface area contributed by atoms with Gasteiger partial charge in [-0.3, -0.25) is 4.79 Å². The molecule has 0 saturated heterocycles. The summed E-state index contributed by atoms with van der Waals surface area (Å²) in [6.45, 7) is 2.38. The van der Waals surface area contributed by atoms with Crippen molar-refractivity contribution in [3.63, 3.8) is 0 Å². The molecule has 20 heavy (non-hydrogen) atoms. The fourth-order valence-corrected chi connectivity index (χ4v) is 2.03. The van der Waals surface area contributed by atoms with Crippen molar-refractivity contribution < 1.29 is 9.53 Å². The van der Waals surface area contributed by atoms with Crippen LogP contribution in [0.15, 0.2) is 42.6 Å². The van der Waals surface area contributed by atoms with Crippen molar-refractivity contribution in [1.29, 1.82) is 0 Å². The number of hydrogen-bond donors (Lipinski definition) is 1. The molecule has 106 valence electrons. The summed E-state index contributed by atoms with van der Waals surface area (Å²) in [5, 5.41) is 7.16. The Morgan fingerprint density at radius 3 is 2.75 bits per heavy atom. The van der Waals surface area contributed by atoms with E-state index in [1.165, 1.54) is 0 Å². The van der Waals surface area contributed by atoms with E-state index in [2.05, 4.69) is 10.4 Å². The molecule has 0 radical (unpaired) electrons. The van der Waals surface area contributed by atoms with E-state index in [0.29, 0.717) is 12.4 Å². The summed E-state index contributed by atoms with van der Waals surface area (Å²) in [6, 6.07) is 11.6. The van der Waals surface area contributed by atoms with E-state index < -0.39 is 0 Å². The number of rotatable bonds is 6. The number of amides is 1. The maximum atomic E-state index is 12.2. The zero-order valence-electron chi connectivity index (χ0n) is 11.7. The van der Waals surface area contributed by atoms with Crippen LogP contribution in [0.1, 0.15) is 35.4 Å². The average molecular weight is 273 g/mol. The third-order valence-corrected chi connectivity index (χ3v) is 3.05. The summed E-state index contributed by atoms with van der Waals surface area (Å²) in [5.74, 6) is -0.171. The van der Waals surface area contributed by atoms with Crippen molar-refractivity contribution in [1.82, 2.24) is 15.1 Å². The molecule has 1 N–H and O–H groups in total. The molecule has 2 rings (SSSR count). The fraction of sp³-hybridized carbons (Fsp3) is 0.333. The van der Waals surface area contributed by atoms with Crippen LogP contribution in [0.3, 0.4) is 0 Å². The maximum absolute atomic E-state index is 12.2. The van der Waals surface area contributed by atoms with Gasteiger partial charge in [0.25, 0.3) is 5.91 Å². The highest BCUT2D eigenvalue weighted by molar-refractivity contribution is 5.92. The van der Waals surface area contributed by atoms with Gasteiger partial charge in [-0.25, -0.2) is 4.68 Å². The molecule has 0 saturated carbocycles. The largest absolute Gasteiger partial charge is 0.362 e. The lowest BCUT2D eigenvalue weighted by Gasteiger charge is -2.16. The number of aromatic nitrogens is 2. The Labute approximate surface area is 118 Å². The van der Waals surface area contributed by atoms with Gasteiger partial charge in [-0.05, 0) is 18.1 Å². The summed E-state index contributed by atoms with van der Waals surface area (Å²) in [6.07, 6.45) is 2.55. The molecule has 1 aromatic carbocycles. The van der Waals surface area contributed by atoms with Gasteiger partial charge in [-0.1, -0.05) is 37.3 Å². The topological polar surface area (TPSA) is 56.2 Å². The number of methoxy groups -OCH3 is 1. The molecule has 0 aliphatic carbocycles. The molecule has 1 amide bonds. The predicted molar refractivity (Wildman–Crippen MR) is 76.2 cm³/mol. The molecule has 0 bridgehead atoms.